The van der Waals surface area contributed by atoms with Crippen molar-refractivity contribution >= 4 is 17.9 Å². The van der Waals surface area contributed by atoms with Crippen LogP contribution in [-0.4, -0.2) is 12.2 Å². The van der Waals surface area contributed by atoms with E-state index in [1.54, 1.807) is 6.08 Å². The fraction of sp³-hybridized carbons (Fsp3) is 0.400. The van der Waals surface area contributed by atoms with Crippen LogP contribution in [0.5, 0.6) is 0 Å². The van der Waals surface area contributed by atoms with Crippen molar-refractivity contribution in [2.24, 2.45) is 0 Å². The van der Waals surface area contributed by atoms with Crippen molar-refractivity contribution in [1.82, 2.24) is 0 Å². The molecule has 0 aromatic heterocycles. The molecule has 1 nitrogen and oxygen atoms in total. The molecule has 0 unspecified atom stereocenters. The molecule has 0 amide bonds. The molecular weight excluding hydrogens is 112 g/mol. The third-order valence-corrected chi connectivity index (χ3v) is 0.709. The number of rotatable bonds is 3. The zero-order valence-electron chi connectivity index (χ0n) is 3.93. The van der Waals surface area contributed by atoms with Gasteiger partial charge in [0.05, 0.1) is 0 Å². The summed E-state index contributed by atoms with van der Waals surface area (Å²) in [5.41, 5.74) is 0. The van der Waals surface area contributed by atoms with E-state index in [0.717, 1.165) is 12.7 Å². The van der Waals surface area contributed by atoms with Crippen LogP contribution in [0.25, 0.3) is 0 Å². The van der Waals surface area contributed by atoms with Gasteiger partial charge in [-0.2, -0.15) is 0 Å². The van der Waals surface area contributed by atoms with Crippen LogP contribution in [-0.2, 0) is 4.79 Å². The van der Waals surface area contributed by atoms with Gasteiger partial charge >= 0.3 is 0 Å². The Morgan fingerprint density at radius 3 is 2.71 bits per heavy atom. The second kappa shape index (κ2) is 5.70. The van der Waals surface area contributed by atoms with Crippen molar-refractivity contribution in [3.63, 3.8) is 0 Å². The fourth-order valence-corrected chi connectivity index (χ4v) is 0.341. The molecule has 0 saturated heterocycles. The van der Waals surface area contributed by atoms with Gasteiger partial charge in [-0.15, -0.1) is 11.6 Å². The largest absolute Gasteiger partial charge is 0.299 e. The number of hydrogen-bond acceptors (Lipinski definition) is 1. The normalized spacial score (nSPS) is 9.86. The van der Waals surface area contributed by atoms with E-state index in [1.807, 2.05) is 0 Å². The molecule has 0 aromatic carbocycles. The summed E-state index contributed by atoms with van der Waals surface area (Å²) in [6.45, 7) is 0. The third-order valence-electron chi connectivity index (χ3n) is 0.490. The predicted octanol–water partition coefficient (Wildman–Crippen LogP) is 1.37. The minimum absolute atomic E-state index is 0.588. The molecule has 0 aromatic rings. The summed E-state index contributed by atoms with van der Waals surface area (Å²) in [4.78, 5) is 9.55. The summed E-state index contributed by atoms with van der Waals surface area (Å²) in [6, 6.07) is 0. The monoisotopic (exact) mass is 118 g/mol. The molecule has 7 heavy (non-hydrogen) atoms. The molecule has 0 heterocycles. The lowest BCUT2D eigenvalue weighted by molar-refractivity contribution is -0.104. The lowest BCUT2D eigenvalue weighted by Crippen LogP contribution is -1.65. The Labute approximate surface area is 48.0 Å². The van der Waals surface area contributed by atoms with Crippen LogP contribution in [0.1, 0.15) is 6.42 Å². The first kappa shape index (κ1) is 6.70. The quantitative estimate of drug-likeness (QED) is 0.311. The van der Waals surface area contributed by atoms with Gasteiger partial charge < -0.3 is 0 Å². The summed E-state index contributed by atoms with van der Waals surface area (Å²) < 4.78 is 0. The van der Waals surface area contributed by atoms with Gasteiger partial charge in [-0.25, -0.2) is 0 Å². The van der Waals surface area contributed by atoms with Crippen LogP contribution in [0.4, 0.5) is 0 Å². The van der Waals surface area contributed by atoms with E-state index in [4.69, 9.17) is 11.6 Å². The Morgan fingerprint density at radius 1 is 1.57 bits per heavy atom. The highest BCUT2D eigenvalue weighted by atomic mass is 35.5. The number of carbonyl (C=O) groups is 1. The molecule has 0 aliphatic carbocycles. The van der Waals surface area contributed by atoms with Crippen LogP contribution in [0, 0.1) is 0 Å². The fourth-order valence-electron chi connectivity index (χ4n) is 0.215. The van der Waals surface area contributed by atoms with Gasteiger partial charge in [-0.05, 0) is 12.5 Å². The molecule has 0 spiro atoms. The molecule has 0 N–H and O–H groups in total. The first-order valence-electron chi connectivity index (χ1n) is 2.08. The van der Waals surface area contributed by atoms with Gasteiger partial charge in [0.2, 0.25) is 0 Å². The molecule has 0 radical (unpaired) electrons. The third kappa shape index (κ3) is 5.70. The summed E-state index contributed by atoms with van der Waals surface area (Å²) >= 11 is 5.27. The molecule has 0 aliphatic rings. The number of allylic oxidation sites excluding steroid dienone is 2. The first-order valence-corrected chi connectivity index (χ1v) is 2.61. The number of aldehydes is 1. The maximum absolute atomic E-state index is 9.55. The molecule has 0 atom stereocenters. The van der Waals surface area contributed by atoms with Crippen LogP contribution >= 0.6 is 11.6 Å². The van der Waals surface area contributed by atoms with Crippen molar-refractivity contribution < 1.29 is 4.79 Å². The SMILES string of the molecule is O=CC=CCCCl. The van der Waals surface area contributed by atoms with Crippen molar-refractivity contribution in [2.45, 2.75) is 6.42 Å². The van der Waals surface area contributed by atoms with Gasteiger partial charge in [0.1, 0.15) is 6.29 Å². The maximum Gasteiger partial charge on any atom is 0.142 e. The number of halogens is 1. The van der Waals surface area contributed by atoms with Crippen LogP contribution in [0.2, 0.25) is 0 Å². The van der Waals surface area contributed by atoms with E-state index in [2.05, 4.69) is 0 Å². The zero-order chi connectivity index (χ0) is 5.54. The van der Waals surface area contributed by atoms with Crippen LogP contribution < -0.4 is 0 Å². The highest BCUT2D eigenvalue weighted by Crippen LogP contribution is 1.83. The highest BCUT2D eigenvalue weighted by Gasteiger charge is 1.69. The average Bonchev–Trinajstić information content (AvgIpc) is 1.69. The molecule has 2 heteroatoms. The van der Waals surface area contributed by atoms with E-state index >= 15 is 0 Å². The number of alkyl halides is 1. The minimum atomic E-state index is 0.588. The van der Waals surface area contributed by atoms with E-state index in [0.29, 0.717) is 5.88 Å². The van der Waals surface area contributed by atoms with Crippen molar-refractivity contribution in [1.29, 1.82) is 0 Å². The van der Waals surface area contributed by atoms with E-state index in [-0.39, 0.29) is 0 Å². The summed E-state index contributed by atoms with van der Waals surface area (Å²) in [6.07, 6.45) is 4.70. The van der Waals surface area contributed by atoms with Gasteiger partial charge in [-0.3, -0.25) is 4.79 Å². The molecule has 40 valence electrons. The Bertz CT molecular complexity index is 68.5. The standard InChI is InChI=1S/C5H7ClO/c6-4-2-1-3-5-7/h1,3,5H,2,4H2. The Hall–Kier alpha value is -0.300. The van der Waals surface area contributed by atoms with E-state index in [1.165, 1.54) is 6.08 Å². The van der Waals surface area contributed by atoms with Crippen molar-refractivity contribution in [3.8, 4) is 0 Å². The number of carbonyl (C=O) groups excluding carboxylic acids is 1. The van der Waals surface area contributed by atoms with E-state index < -0.39 is 0 Å². The van der Waals surface area contributed by atoms with Gasteiger partial charge in [0, 0.05) is 5.88 Å². The Morgan fingerprint density at radius 2 is 2.29 bits per heavy atom. The number of hydrogen-bond donors (Lipinski definition) is 0. The molecule has 0 rings (SSSR count). The molecule has 0 bridgehead atoms. The van der Waals surface area contributed by atoms with Crippen LogP contribution in [0.3, 0.4) is 0 Å². The molecular formula is C5H7ClO. The molecule has 0 aliphatic heterocycles. The second-order valence-electron chi connectivity index (χ2n) is 1.04. The second-order valence-corrected chi connectivity index (χ2v) is 1.42. The topological polar surface area (TPSA) is 17.1 Å². The zero-order valence-corrected chi connectivity index (χ0v) is 4.69. The lowest BCUT2D eigenvalue weighted by atomic mass is 10.4. The summed E-state index contributed by atoms with van der Waals surface area (Å²) in [7, 11) is 0. The lowest BCUT2D eigenvalue weighted by Gasteiger charge is -1.74. The van der Waals surface area contributed by atoms with E-state index in [9.17, 15) is 4.79 Å². The highest BCUT2D eigenvalue weighted by molar-refractivity contribution is 6.17. The maximum atomic E-state index is 9.55. The van der Waals surface area contributed by atoms with Gasteiger partial charge in [-0.1, -0.05) is 6.08 Å². The molecule has 0 fully saturated rings. The Balaban J connectivity index is 2.92. The minimum Gasteiger partial charge on any atom is -0.299 e. The van der Waals surface area contributed by atoms with Crippen molar-refractivity contribution in [2.75, 3.05) is 5.88 Å². The molecule has 0 saturated carbocycles. The first-order chi connectivity index (χ1) is 3.41. The summed E-state index contributed by atoms with van der Waals surface area (Å²) in [5, 5.41) is 0. The Kier molecular flexibility index (Phi) is 5.46. The van der Waals surface area contributed by atoms with Crippen LogP contribution in [0.15, 0.2) is 12.2 Å². The van der Waals surface area contributed by atoms with Gasteiger partial charge in [0.25, 0.3) is 0 Å². The summed E-state index contributed by atoms with van der Waals surface area (Å²) in [5.74, 6) is 0.588. The van der Waals surface area contributed by atoms with Crippen molar-refractivity contribution in [3.05, 3.63) is 12.2 Å². The predicted molar refractivity (Wildman–Crippen MR) is 30.5 cm³/mol. The smallest absolute Gasteiger partial charge is 0.142 e. The average molecular weight is 119 g/mol. The van der Waals surface area contributed by atoms with Gasteiger partial charge in [0.15, 0.2) is 0 Å².